The fourth-order valence-corrected chi connectivity index (χ4v) is 4.16. The maximum absolute atomic E-state index is 13.0. The normalized spacial score (nSPS) is 10.7. The third kappa shape index (κ3) is 5.77. The second-order valence-corrected chi connectivity index (χ2v) is 8.41. The number of benzene rings is 2. The van der Waals surface area contributed by atoms with E-state index in [9.17, 15) is 9.18 Å². The maximum Gasteiger partial charge on any atom is 0.233 e. The van der Waals surface area contributed by atoms with E-state index in [0.29, 0.717) is 11.7 Å². The topological polar surface area (TPSA) is 58.1 Å². The molecule has 1 heterocycles. The van der Waals surface area contributed by atoms with Crippen molar-refractivity contribution in [2.75, 3.05) is 18.1 Å². The highest BCUT2D eigenvalue weighted by atomic mass is 32.2. The average Bonchev–Trinajstić information content (AvgIpc) is 3.15. The lowest BCUT2D eigenvalue weighted by Gasteiger charge is -2.16. The average molecular weight is 417 g/mol. The summed E-state index contributed by atoms with van der Waals surface area (Å²) < 4.78 is 13.7. The Hall–Kier alpha value is -2.45. The highest BCUT2D eigenvalue weighted by Crippen LogP contribution is 2.28. The molecule has 0 saturated carbocycles. The summed E-state index contributed by atoms with van der Waals surface area (Å²) in [6.07, 6.45) is 1.00. The number of carbonyl (C=O) groups excluding carboxylic acids is 1. The number of hydrogen-bond donors (Lipinski definition) is 1. The summed E-state index contributed by atoms with van der Waals surface area (Å²) in [4.78, 5) is 13.9. The van der Waals surface area contributed by atoms with Crippen molar-refractivity contribution in [2.24, 2.45) is 0 Å². The molecule has 0 bridgehead atoms. The smallest absolute Gasteiger partial charge is 0.233 e. The molecule has 28 heavy (non-hydrogen) atoms. The first-order valence-corrected chi connectivity index (χ1v) is 10.6. The molecule has 8 heteroatoms. The summed E-state index contributed by atoms with van der Waals surface area (Å²) in [6, 6.07) is 14.3. The molecule has 1 aromatic heterocycles. The van der Waals surface area contributed by atoms with Crippen LogP contribution in [-0.4, -0.2) is 33.8 Å². The van der Waals surface area contributed by atoms with E-state index in [4.69, 9.17) is 0 Å². The second kappa shape index (κ2) is 9.66. The summed E-state index contributed by atoms with van der Waals surface area (Å²) in [5.74, 6) is -0.0261. The molecule has 1 amide bonds. The van der Waals surface area contributed by atoms with Gasteiger partial charge in [0.05, 0.1) is 5.75 Å². The van der Waals surface area contributed by atoms with Crippen LogP contribution in [0.4, 0.5) is 15.2 Å². The first-order chi connectivity index (χ1) is 13.5. The van der Waals surface area contributed by atoms with E-state index in [2.05, 4.69) is 34.6 Å². The molecule has 0 spiro atoms. The summed E-state index contributed by atoms with van der Waals surface area (Å²) in [5.41, 5.74) is 3.13. The Morgan fingerprint density at radius 1 is 1.11 bits per heavy atom. The molecule has 5 nitrogen and oxygen atoms in total. The minimum Gasteiger partial charge on any atom is -0.341 e. The van der Waals surface area contributed by atoms with Crippen LogP contribution >= 0.6 is 23.1 Å². The fraction of sp³-hybridized carbons (Fsp3) is 0.250. The zero-order chi connectivity index (χ0) is 19.9. The third-order valence-corrected chi connectivity index (χ3v) is 6.05. The molecule has 0 fully saturated rings. The molecule has 0 aliphatic rings. The van der Waals surface area contributed by atoms with Gasteiger partial charge in [-0.3, -0.25) is 4.79 Å². The Morgan fingerprint density at radius 3 is 2.46 bits per heavy atom. The summed E-state index contributed by atoms with van der Waals surface area (Å²) in [5, 5.41) is 12.2. The van der Waals surface area contributed by atoms with E-state index in [1.807, 2.05) is 12.1 Å². The number of anilines is 2. The van der Waals surface area contributed by atoms with Crippen molar-refractivity contribution in [2.45, 2.75) is 24.2 Å². The standard InChI is InChI=1S/C20H21FN4OS2/c1-3-14-6-10-17(11-7-14)22-19-23-24-20(28-19)27-13-18(26)25(2)12-15-4-8-16(21)9-5-15/h4-11H,3,12-13H2,1-2H3,(H,22,23). The Morgan fingerprint density at radius 2 is 1.79 bits per heavy atom. The van der Waals surface area contributed by atoms with Crippen LogP contribution in [0.25, 0.3) is 0 Å². The van der Waals surface area contributed by atoms with Crippen LogP contribution in [0.15, 0.2) is 52.9 Å². The van der Waals surface area contributed by atoms with E-state index in [1.165, 1.54) is 40.8 Å². The Kier molecular flexibility index (Phi) is 7.00. The van der Waals surface area contributed by atoms with E-state index in [1.54, 1.807) is 24.1 Å². The molecule has 3 aromatic rings. The number of aryl methyl sites for hydroxylation is 1. The zero-order valence-corrected chi connectivity index (χ0v) is 17.3. The minimum absolute atomic E-state index is 0.0193. The van der Waals surface area contributed by atoms with Crippen molar-refractivity contribution in [3.8, 4) is 0 Å². The largest absolute Gasteiger partial charge is 0.341 e. The number of aromatic nitrogens is 2. The Labute approximate surface area is 172 Å². The minimum atomic E-state index is -0.282. The van der Waals surface area contributed by atoms with Gasteiger partial charge in [0.15, 0.2) is 4.34 Å². The van der Waals surface area contributed by atoms with Gasteiger partial charge in [0.1, 0.15) is 5.82 Å². The first kappa shape index (κ1) is 20.3. The number of carbonyl (C=O) groups is 1. The van der Waals surface area contributed by atoms with Gasteiger partial charge < -0.3 is 10.2 Å². The zero-order valence-electron chi connectivity index (χ0n) is 15.7. The van der Waals surface area contributed by atoms with Gasteiger partial charge >= 0.3 is 0 Å². The van der Waals surface area contributed by atoms with Crippen molar-refractivity contribution in [3.63, 3.8) is 0 Å². The third-order valence-electron chi connectivity index (χ3n) is 4.10. The van der Waals surface area contributed by atoms with Crippen LogP contribution in [0.2, 0.25) is 0 Å². The predicted molar refractivity (Wildman–Crippen MR) is 113 cm³/mol. The van der Waals surface area contributed by atoms with Crippen molar-refractivity contribution in [1.82, 2.24) is 15.1 Å². The maximum atomic E-state index is 13.0. The molecule has 1 N–H and O–H groups in total. The van der Waals surface area contributed by atoms with Crippen LogP contribution in [0.5, 0.6) is 0 Å². The molecular weight excluding hydrogens is 395 g/mol. The van der Waals surface area contributed by atoms with E-state index >= 15 is 0 Å². The number of thioether (sulfide) groups is 1. The van der Waals surface area contributed by atoms with Crippen LogP contribution in [0, 0.1) is 5.82 Å². The Bertz CT molecular complexity index is 913. The molecule has 0 aliphatic carbocycles. The number of halogens is 1. The van der Waals surface area contributed by atoms with E-state index in [0.717, 1.165) is 22.0 Å². The van der Waals surface area contributed by atoms with Crippen molar-refractivity contribution in [1.29, 1.82) is 0 Å². The molecule has 0 radical (unpaired) electrons. The lowest BCUT2D eigenvalue weighted by Crippen LogP contribution is -2.27. The molecule has 0 unspecified atom stereocenters. The number of nitrogens with zero attached hydrogens (tertiary/aromatic N) is 3. The first-order valence-electron chi connectivity index (χ1n) is 8.84. The van der Waals surface area contributed by atoms with Gasteiger partial charge in [0.25, 0.3) is 0 Å². The monoisotopic (exact) mass is 416 g/mol. The molecule has 3 rings (SSSR count). The number of hydrogen-bond acceptors (Lipinski definition) is 6. The number of rotatable bonds is 8. The van der Waals surface area contributed by atoms with Gasteiger partial charge in [-0.15, -0.1) is 10.2 Å². The fourth-order valence-electron chi connectivity index (χ4n) is 2.45. The van der Waals surface area contributed by atoms with Gasteiger partial charge in [0, 0.05) is 19.3 Å². The lowest BCUT2D eigenvalue weighted by atomic mass is 10.1. The molecule has 146 valence electrons. The Balaban J connectivity index is 1.48. The summed E-state index contributed by atoms with van der Waals surface area (Å²) in [7, 11) is 1.74. The van der Waals surface area contributed by atoms with E-state index < -0.39 is 0 Å². The highest BCUT2D eigenvalue weighted by Gasteiger charge is 2.12. The molecule has 0 aliphatic heterocycles. The quantitative estimate of drug-likeness (QED) is 0.538. The summed E-state index contributed by atoms with van der Waals surface area (Å²) >= 11 is 2.78. The lowest BCUT2D eigenvalue weighted by molar-refractivity contribution is -0.127. The van der Waals surface area contributed by atoms with Gasteiger partial charge in [-0.1, -0.05) is 54.3 Å². The molecule has 2 aromatic carbocycles. The van der Waals surface area contributed by atoms with Crippen LogP contribution < -0.4 is 5.32 Å². The van der Waals surface area contributed by atoms with Gasteiger partial charge in [0.2, 0.25) is 11.0 Å². The van der Waals surface area contributed by atoms with Crippen LogP contribution in [0.3, 0.4) is 0 Å². The molecule has 0 saturated heterocycles. The van der Waals surface area contributed by atoms with Crippen molar-refractivity contribution < 1.29 is 9.18 Å². The van der Waals surface area contributed by atoms with E-state index in [-0.39, 0.29) is 17.5 Å². The van der Waals surface area contributed by atoms with Gasteiger partial charge in [-0.25, -0.2) is 4.39 Å². The van der Waals surface area contributed by atoms with Gasteiger partial charge in [-0.2, -0.15) is 0 Å². The number of amides is 1. The van der Waals surface area contributed by atoms with Crippen molar-refractivity contribution >= 4 is 39.8 Å². The van der Waals surface area contributed by atoms with Crippen LogP contribution in [0.1, 0.15) is 18.1 Å². The molecular formula is C20H21FN4OS2. The number of nitrogens with one attached hydrogen (secondary N) is 1. The molecule has 0 atom stereocenters. The second-order valence-electron chi connectivity index (χ2n) is 6.21. The van der Waals surface area contributed by atoms with Crippen molar-refractivity contribution in [3.05, 3.63) is 65.5 Å². The van der Waals surface area contributed by atoms with Crippen LogP contribution in [-0.2, 0) is 17.8 Å². The van der Waals surface area contributed by atoms with Gasteiger partial charge in [-0.05, 0) is 41.8 Å². The highest BCUT2D eigenvalue weighted by molar-refractivity contribution is 8.01. The SMILES string of the molecule is CCc1ccc(Nc2nnc(SCC(=O)N(C)Cc3ccc(F)cc3)s2)cc1. The predicted octanol–water partition coefficient (Wildman–Crippen LogP) is 4.73. The summed E-state index contributed by atoms with van der Waals surface area (Å²) in [6.45, 7) is 2.56.